The number of alkyl halides is 2. The molecule has 3 heterocycles. The van der Waals surface area contributed by atoms with Crippen molar-refractivity contribution in [1.29, 1.82) is 0 Å². The zero-order chi connectivity index (χ0) is 24.0. The highest BCUT2D eigenvalue weighted by Gasteiger charge is 2.39. The standard InChI is InChI=1S/C17H16N4O3.C6H10F2O/c1-10-3-4-12(7-19-10)16-14(11(2)24-21-16)9-23-15-6-5-13(8-20-15)17(18)22;7-6(8)4-2-1-3-5(6)9/h3-8H,9H2,1-2H3,(H2,18,22);5,9H,1-4H2. The molecular weight excluding hydrogens is 434 g/mol. The first-order valence-electron chi connectivity index (χ1n) is 10.5. The van der Waals surface area contributed by atoms with Gasteiger partial charge in [0.25, 0.3) is 5.92 Å². The van der Waals surface area contributed by atoms with Crippen LogP contribution in [0, 0.1) is 13.8 Å². The molecule has 0 spiro atoms. The number of amides is 1. The fourth-order valence-corrected chi connectivity index (χ4v) is 3.23. The van der Waals surface area contributed by atoms with Crippen LogP contribution < -0.4 is 10.5 Å². The molecule has 1 unspecified atom stereocenters. The van der Waals surface area contributed by atoms with E-state index in [0.29, 0.717) is 29.3 Å². The second-order valence-electron chi connectivity index (χ2n) is 7.81. The van der Waals surface area contributed by atoms with Crippen LogP contribution in [0.3, 0.4) is 0 Å². The molecule has 33 heavy (non-hydrogen) atoms. The van der Waals surface area contributed by atoms with E-state index in [4.69, 9.17) is 20.1 Å². The summed E-state index contributed by atoms with van der Waals surface area (Å²) in [5.41, 5.74) is 8.80. The number of aliphatic hydroxyl groups excluding tert-OH is 1. The third-order valence-corrected chi connectivity index (χ3v) is 5.28. The number of nitrogens with two attached hydrogens (primary N) is 1. The van der Waals surface area contributed by atoms with Crippen molar-refractivity contribution in [2.45, 2.75) is 58.2 Å². The van der Waals surface area contributed by atoms with E-state index in [9.17, 15) is 13.6 Å². The molecule has 1 aliphatic rings. The monoisotopic (exact) mass is 460 g/mol. The highest BCUT2D eigenvalue weighted by molar-refractivity contribution is 5.92. The van der Waals surface area contributed by atoms with Gasteiger partial charge >= 0.3 is 0 Å². The van der Waals surface area contributed by atoms with Crippen LogP contribution in [0.5, 0.6) is 5.88 Å². The van der Waals surface area contributed by atoms with Gasteiger partial charge < -0.3 is 20.1 Å². The predicted molar refractivity (Wildman–Crippen MR) is 116 cm³/mol. The molecule has 0 radical (unpaired) electrons. The SMILES string of the molecule is Cc1ccc(-c2noc(C)c2COc2ccc(C(N)=O)cn2)cn1.OC1CCCCC1(F)F. The number of aryl methyl sites for hydroxylation is 2. The maximum Gasteiger partial charge on any atom is 0.273 e. The predicted octanol–water partition coefficient (Wildman–Crippen LogP) is 3.98. The molecule has 0 bridgehead atoms. The van der Waals surface area contributed by atoms with Gasteiger partial charge in [0.15, 0.2) is 0 Å². The summed E-state index contributed by atoms with van der Waals surface area (Å²) in [4.78, 5) is 19.4. The van der Waals surface area contributed by atoms with Crippen LogP contribution in [0.25, 0.3) is 11.3 Å². The van der Waals surface area contributed by atoms with Gasteiger partial charge in [0, 0.05) is 36.1 Å². The maximum atomic E-state index is 12.3. The van der Waals surface area contributed by atoms with Crippen molar-refractivity contribution >= 4 is 5.91 Å². The minimum Gasteiger partial charge on any atom is -0.473 e. The van der Waals surface area contributed by atoms with Crippen molar-refractivity contribution in [3.63, 3.8) is 0 Å². The Hall–Kier alpha value is -3.40. The van der Waals surface area contributed by atoms with Crippen LogP contribution in [0.1, 0.15) is 53.1 Å². The summed E-state index contributed by atoms with van der Waals surface area (Å²) in [6.07, 6.45) is 3.13. The number of halogens is 2. The third-order valence-electron chi connectivity index (χ3n) is 5.28. The number of rotatable bonds is 5. The zero-order valence-electron chi connectivity index (χ0n) is 18.4. The zero-order valence-corrected chi connectivity index (χ0v) is 18.4. The number of carbonyl (C=O) groups excluding carboxylic acids is 1. The molecule has 176 valence electrons. The van der Waals surface area contributed by atoms with Gasteiger partial charge in [-0.1, -0.05) is 11.6 Å². The number of pyridine rings is 2. The van der Waals surface area contributed by atoms with Crippen LogP contribution in [0.2, 0.25) is 0 Å². The van der Waals surface area contributed by atoms with E-state index in [1.807, 2.05) is 26.0 Å². The van der Waals surface area contributed by atoms with Crippen LogP contribution in [0.15, 0.2) is 41.2 Å². The van der Waals surface area contributed by atoms with Crippen LogP contribution >= 0.6 is 0 Å². The number of nitrogens with zero attached hydrogens (tertiary/aromatic N) is 3. The second kappa shape index (κ2) is 10.5. The van der Waals surface area contributed by atoms with E-state index < -0.39 is 17.9 Å². The van der Waals surface area contributed by atoms with Gasteiger partial charge in [-0.15, -0.1) is 0 Å². The normalized spacial score (nSPS) is 17.1. The molecular formula is C23H26F2N4O4. The highest BCUT2D eigenvalue weighted by Crippen LogP contribution is 2.33. The number of hydrogen-bond acceptors (Lipinski definition) is 7. The Labute approximate surface area is 189 Å². The molecule has 1 atom stereocenters. The van der Waals surface area contributed by atoms with Crippen molar-refractivity contribution in [3.05, 3.63) is 59.2 Å². The van der Waals surface area contributed by atoms with Crippen molar-refractivity contribution in [1.82, 2.24) is 15.1 Å². The Kier molecular flexibility index (Phi) is 7.70. The van der Waals surface area contributed by atoms with E-state index in [2.05, 4.69) is 15.1 Å². The van der Waals surface area contributed by atoms with Gasteiger partial charge in [0.1, 0.15) is 24.2 Å². The van der Waals surface area contributed by atoms with Gasteiger partial charge in [-0.05, 0) is 44.9 Å². The molecule has 4 rings (SSSR count). The molecule has 1 saturated carbocycles. The summed E-state index contributed by atoms with van der Waals surface area (Å²) in [6.45, 7) is 3.98. The summed E-state index contributed by atoms with van der Waals surface area (Å²) >= 11 is 0. The minimum absolute atomic E-state index is 0.145. The van der Waals surface area contributed by atoms with Crippen molar-refractivity contribution in [2.75, 3.05) is 0 Å². The lowest BCUT2D eigenvalue weighted by Gasteiger charge is -2.26. The van der Waals surface area contributed by atoms with Crippen LogP contribution in [0.4, 0.5) is 8.78 Å². The van der Waals surface area contributed by atoms with Crippen LogP contribution in [-0.4, -0.2) is 38.2 Å². The molecule has 1 fully saturated rings. The van der Waals surface area contributed by atoms with Gasteiger partial charge in [0.05, 0.1) is 11.1 Å². The van der Waals surface area contributed by atoms with Crippen LogP contribution in [-0.2, 0) is 6.61 Å². The Morgan fingerprint density at radius 2 is 2.00 bits per heavy atom. The maximum absolute atomic E-state index is 12.3. The third kappa shape index (κ3) is 6.32. The molecule has 10 heteroatoms. The fourth-order valence-electron chi connectivity index (χ4n) is 3.23. The second-order valence-corrected chi connectivity index (χ2v) is 7.81. The molecule has 8 nitrogen and oxygen atoms in total. The minimum atomic E-state index is -2.81. The first-order chi connectivity index (χ1) is 15.7. The number of aromatic nitrogens is 3. The molecule has 3 aromatic heterocycles. The average Bonchev–Trinajstić information content (AvgIpc) is 3.16. The van der Waals surface area contributed by atoms with Crippen molar-refractivity contribution in [2.24, 2.45) is 5.73 Å². The van der Waals surface area contributed by atoms with Crippen molar-refractivity contribution in [3.8, 4) is 17.1 Å². The molecule has 0 saturated heterocycles. The Balaban J connectivity index is 0.000000286. The average molecular weight is 460 g/mol. The summed E-state index contributed by atoms with van der Waals surface area (Å²) in [5, 5.41) is 12.8. The van der Waals surface area contributed by atoms with E-state index in [1.54, 1.807) is 18.3 Å². The Morgan fingerprint density at radius 1 is 1.21 bits per heavy atom. The number of ether oxygens (including phenoxy) is 1. The molecule has 1 aliphatic carbocycles. The van der Waals surface area contributed by atoms with E-state index in [0.717, 1.165) is 23.2 Å². The largest absolute Gasteiger partial charge is 0.473 e. The fraction of sp³-hybridized carbons (Fsp3) is 0.391. The highest BCUT2D eigenvalue weighted by atomic mass is 19.3. The Morgan fingerprint density at radius 3 is 2.55 bits per heavy atom. The molecule has 0 aromatic carbocycles. The number of hydrogen-bond donors (Lipinski definition) is 2. The smallest absolute Gasteiger partial charge is 0.273 e. The van der Waals surface area contributed by atoms with Gasteiger partial charge in [-0.3, -0.25) is 9.78 Å². The molecule has 3 aromatic rings. The van der Waals surface area contributed by atoms with E-state index in [-0.39, 0.29) is 19.4 Å². The topological polar surface area (TPSA) is 124 Å². The first-order valence-corrected chi connectivity index (χ1v) is 10.5. The lowest BCUT2D eigenvalue weighted by molar-refractivity contribution is -0.130. The molecule has 0 aliphatic heterocycles. The summed E-state index contributed by atoms with van der Waals surface area (Å²) in [7, 11) is 0. The summed E-state index contributed by atoms with van der Waals surface area (Å²) in [5.74, 6) is -2.29. The molecule has 1 amide bonds. The number of primary amides is 1. The summed E-state index contributed by atoms with van der Waals surface area (Å²) < 4.78 is 35.6. The number of aliphatic hydroxyl groups is 1. The van der Waals surface area contributed by atoms with Gasteiger partial charge in [0.2, 0.25) is 11.8 Å². The number of carbonyl (C=O) groups is 1. The van der Waals surface area contributed by atoms with E-state index in [1.165, 1.54) is 6.20 Å². The first kappa shape index (κ1) is 24.2. The van der Waals surface area contributed by atoms with E-state index >= 15 is 0 Å². The summed E-state index contributed by atoms with van der Waals surface area (Å²) in [6, 6.07) is 7.00. The van der Waals surface area contributed by atoms with Crippen molar-refractivity contribution < 1.29 is 27.9 Å². The lowest BCUT2D eigenvalue weighted by atomic mass is 9.94. The lowest BCUT2D eigenvalue weighted by Crippen LogP contribution is -2.36. The van der Waals surface area contributed by atoms with Gasteiger partial charge in [-0.2, -0.15) is 0 Å². The molecule has 3 N–H and O–H groups in total. The van der Waals surface area contributed by atoms with Gasteiger partial charge in [-0.25, -0.2) is 13.8 Å². The Bertz CT molecular complexity index is 1070. The quantitative estimate of drug-likeness (QED) is 0.590.